The summed E-state index contributed by atoms with van der Waals surface area (Å²) in [6.45, 7) is 0.787. The van der Waals surface area contributed by atoms with Gasteiger partial charge in [-0.15, -0.1) is 13.2 Å². The van der Waals surface area contributed by atoms with Gasteiger partial charge < -0.3 is 15.4 Å². The number of alkyl halides is 3. The van der Waals surface area contributed by atoms with E-state index in [2.05, 4.69) is 15.4 Å². The van der Waals surface area contributed by atoms with E-state index < -0.39 is 6.36 Å². The van der Waals surface area contributed by atoms with E-state index in [0.29, 0.717) is 0 Å². The summed E-state index contributed by atoms with van der Waals surface area (Å²) in [6, 6.07) is 5.50. The van der Waals surface area contributed by atoms with E-state index in [1.807, 2.05) is 0 Å². The molecule has 110 valence electrons. The predicted octanol–water partition coefficient (Wildman–Crippen LogP) is 1.95. The zero-order valence-corrected chi connectivity index (χ0v) is 10.7. The number of nitrogens with one attached hydrogen (secondary N) is 2. The largest absolute Gasteiger partial charge is 0.573 e. The Labute approximate surface area is 114 Å². The Hall–Kier alpha value is -1.76. The molecule has 1 aromatic carbocycles. The molecule has 20 heavy (non-hydrogen) atoms. The molecule has 1 aliphatic rings. The molecular formula is C13H15F3N2O2. The molecule has 0 bridgehead atoms. The third-order valence-corrected chi connectivity index (χ3v) is 3.03. The van der Waals surface area contributed by atoms with Gasteiger partial charge in [-0.2, -0.15) is 0 Å². The van der Waals surface area contributed by atoms with Gasteiger partial charge in [0.2, 0.25) is 5.91 Å². The highest BCUT2D eigenvalue weighted by molar-refractivity contribution is 5.82. The maximum atomic E-state index is 12.2. The molecule has 1 amide bonds. The van der Waals surface area contributed by atoms with Crippen LogP contribution in [0, 0.1) is 0 Å². The maximum absolute atomic E-state index is 12.2. The number of hydrogen-bond acceptors (Lipinski definition) is 3. The van der Waals surface area contributed by atoms with Gasteiger partial charge in [-0.1, -0.05) is 18.2 Å². The van der Waals surface area contributed by atoms with E-state index >= 15 is 0 Å². The van der Waals surface area contributed by atoms with Crippen LogP contribution in [0.5, 0.6) is 5.75 Å². The molecule has 0 unspecified atom stereocenters. The molecule has 1 aliphatic heterocycles. The van der Waals surface area contributed by atoms with Crippen LogP contribution in [0.3, 0.4) is 0 Å². The van der Waals surface area contributed by atoms with E-state index in [1.54, 1.807) is 6.07 Å². The molecule has 4 nitrogen and oxygen atoms in total. The maximum Gasteiger partial charge on any atom is 0.573 e. The lowest BCUT2D eigenvalue weighted by Crippen LogP contribution is -2.40. The van der Waals surface area contributed by atoms with Crippen molar-refractivity contribution < 1.29 is 22.7 Å². The zero-order valence-electron chi connectivity index (χ0n) is 10.7. The minimum Gasteiger partial charge on any atom is -0.405 e. The highest BCUT2D eigenvalue weighted by Crippen LogP contribution is 2.26. The topological polar surface area (TPSA) is 50.4 Å². The van der Waals surface area contributed by atoms with Gasteiger partial charge in [0.1, 0.15) is 5.75 Å². The lowest BCUT2D eigenvalue weighted by Gasteiger charge is -2.15. The molecular weight excluding hydrogens is 273 g/mol. The lowest BCUT2D eigenvalue weighted by molar-refractivity contribution is -0.274. The summed E-state index contributed by atoms with van der Waals surface area (Å²) >= 11 is 0. The Balaban J connectivity index is 1.96. The quantitative estimate of drug-likeness (QED) is 0.890. The Kier molecular flexibility index (Phi) is 4.49. The van der Waals surface area contributed by atoms with Crippen LogP contribution in [-0.2, 0) is 11.3 Å². The van der Waals surface area contributed by atoms with Crippen molar-refractivity contribution in [2.24, 2.45) is 0 Å². The monoisotopic (exact) mass is 288 g/mol. The molecule has 0 spiro atoms. The third-order valence-electron chi connectivity index (χ3n) is 3.03. The number of amides is 1. The fraction of sp³-hybridized carbons (Fsp3) is 0.462. The van der Waals surface area contributed by atoms with Crippen LogP contribution in [-0.4, -0.2) is 24.9 Å². The molecule has 0 aromatic heterocycles. The average molecular weight is 288 g/mol. The second-order valence-electron chi connectivity index (χ2n) is 4.52. The molecule has 1 atom stereocenters. The van der Waals surface area contributed by atoms with Crippen LogP contribution in [0.1, 0.15) is 18.4 Å². The molecule has 1 aromatic rings. The number of carbonyl (C=O) groups is 1. The highest BCUT2D eigenvalue weighted by Gasteiger charge is 2.32. The molecule has 2 N–H and O–H groups in total. The summed E-state index contributed by atoms with van der Waals surface area (Å²) in [5.74, 6) is -0.496. The highest BCUT2D eigenvalue weighted by atomic mass is 19.4. The second-order valence-corrected chi connectivity index (χ2v) is 4.52. The Morgan fingerprint density at radius 3 is 2.80 bits per heavy atom. The van der Waals surface area contributed by atoms with Crippen LogP contribution >= 0.6 is 0 Å². The normalized spacial score (nSPS) is 18.9. The van der Waals surface area contributed by atoms with Crippen LogP contribution in [0.4, 0.5) is 13.2 Å². The van der Waals surface area contributed by atoms with E-state index in [4.69, 9.17) is 0 Å². The fourth-order valence-corrected chi connectivity index (χ4v) is 2.09. The average Bonchev–Trinajstić information content (AvgIpc) is 2.89. The lowest BCUT2D eigenvalue weighted by atomic mass is 10.2. The Bertz CT molecular complexity index is 471. The zero-order chi connectivity index (χ0) is 14.6. The summed E-state index contributed by atoms with van der Waals surface area (Å²) in [6.07, 6.45) is -3.08. The van der Waals surface area contributed by atoms with Gasteiger partial charge in [0, 0.05) is 12.1 Å². The summed E-state index contributed by atoms with van der Waals surface area (Å²) in [5, 5.41) is 5.64. The van der Waals surface area contributed by atoms with E-state index in [-0.39, 0.29) is 29.8 Å². The first-order chi connectivity index (χ1) is 9.46. The molecule has 1 fully saturated rings. The van der Waals surface area contributed by atoms with Crippen molar-refractivity contribution in [1.82, 2.24) is 10.6 Å². The number of carbonyl (C=O) groups excluding carboxylic acids is 1. The van der Waals surface area contributed by atoms with Gasteiger partial charge in [0.15, 0.2) is 0 Å². The van der Waals surface area contributed by atoms with E-state index in [9.17, 15) is 18.0 Å². The van der Waals surface area contributed by atoms with E-state index in [0.717, 1.165) is 19.4 Å². The van der Waals surface area contributed by atoms with Gasteiger partial charge in [-0.05, 0) is 25.5 Å². The number of para-hydroxylation sites is 1. The molecule has 7 heteroatoms. The number of benzene rings is 1. The van der Waals surface area contributed by atoms with Gasteiger partial charge in [0.25, 0.3) is 0 Å². The van der Waals surface area contributed by atoms with Crippen molar-refractivity contribution in [3.8, 4) is 5.75 Å². The molecule has 2 rings (SSSR count). The summed E-state index contributed by atoms with van der Waals surface area (Å²) < 4.78 is 40.7. The number of ether oxygens (including phenoxy) is 1. The number of halogens is 3. The third kappa shape index (κ3) is 4.12. The van der Waals surface area contributed by atoms with Crippen LogP contribution < -0.4 is 15.4 Å². The van der Waals surface area contributed by atoms with E-state index in [1.165, 1.54) is 18.2 Å². The van der Waals surface area contributed by atoms with Crippen molar-refractivity contribution in [1.29, 1.82) is 0 Å². The van der Waals surface area contributed by atoms with Crippen molar-refractivity contribution in [3.05, 3.63) is 29.8 Å². The second kappa shape index (κ2) is 6.13. The van der Waals surface area contributed by atoms with Crippen molar-refractivity contribution >= 4 is 5.91 Å². The van der Waals surface area contributed by atoms with Gasteiger partial charge in [-0.25, -0.2) is 0 Å². The van der Waals surface area contributed by atoms with Gasteiger partial charge in [-0.3, -0.25) is 4.79 Å². The van der Waals surface area contributed by atoms with Crippen molar-refractivity contribution in [2.75, 3.05) is 6.54 Å². The van der Waals surface area contributed by atoms with Crippen molar-refractivity contribution in [3.63, 3.8) is 0 Å². The number of rotatable bonds is 4. The van der Waals surface area contributed by atoms with Crippen molar-refractivity contribution in [2.45, 2.75) is 31.8 Å². The number of hydrogen-bond donors (Lipinski definition) is 2. The molecule has 1 saturated heterocycles. The first-order valence-electron chi connectivity index (χ1n) is 6.30. The fourth-order valence-electron chi connectivity index (χ4n) is 2.09. The first kappa shape index (κ1) is 14.6. The van der Waals surface area contributed by atoms with Gasteiger partial charge in [0.05, 0.1) is 6.04 Å². The summed E-state index contributed by atoms with van der Waals surface area (Å²) in [7, 11) is 0. The molecule has 0 aliphatic carbocycles. The molecule has 0 saturated carbocycles. The minimum absolute atomic E-state index is 0.00324. The van der Waals surface area contributed by atoms with Crippen LogP contribution in [0.25, 0.3) is 0 Å². The molecule has 1 heterocycles. The summed E-state index contributed by atoms with van der Waals surface area (Å²) in [5.41, 5.74) is 0.288. The van der Waals surface area contributed by atoms with Crippen LogP contribution in [0.15, 0.2) is 24.3 Å². The van der Waals surface area contributed by atoms with Crippen LogP contribution in [0.2, 0.25) is 0 Å². The standard InChI is InChI=1S/C13H15F3N2O2/c14-13(15,16)20-11-6-2-1-4-9(11)8-18-12(19)10-5-3-7-17-10/h1-2,4,6,10,17H,3,5,7-8H2,(H,18,19)/t10-/m0/s1. The minimum atomic E-state index is -4.74. The smallest absolute Gasteiger partial charge is 0.405 e. The Morgan fingerprint density at radius 1 is 1.40 bits per heavy atom. The molecule has 0 radical (unpaired) electrons. The van der Waals surface area contributed by atoms with Gasteiger partial charge >= 0.3 is 6.36 Å². The summed E-state index contributed by atoms with van der Waals surface area (Å²) in [4.78, 5) is 11.8. The first-order valence-corrected chi connectivity index (χ1v) is 6.30. The Morgan fingerprint density at radius 2 is 2.15 bits per heavy atom. The predicted molar refractivity (Wildman–Crippen MR) is 66.0 cm³/mol. The SMILES string of the molecule is O=C(NCc1ccccc1OC(F)(F)F)[C@@H]1CCCN1.